The summed E-state index contributed by atoms with van der Waals surface area (Å²) in [7, 11) is 1.40. The van der Waals surface area contributed by atoms with Gasteiger partial charge in [0, 0.05) is 21.7 Å². The van der Waals surface area contributed by atoms with Gasteiger partial charge in [0.05, 0.1) is 11.6 Å². The van der Waals surface area contributed by atoms with Gasteiger partial charge in [0.15, 0.2) is 5.75 Å². The topological polar surface area (TPSA) is 113 Å². The molecular weight excluding hydrogens is 268 g/mol. The fraction of sp³-hybridized carbons (Fsp3) is 0.125. The zero-order valence-corrected chi connectivity index (χ0v) is 9.37. The van der Waals surface area contributed by atoms with E-state index in [1.54, 1.807) is 5.18 Å². The van der Waals surface area contributed by atoms with Crippen molar-refractivity contribution < 1.29 is 20.2 Å². The molecule has 6 nitrogen and oxygen atoms in total. The van der Waals surface area contributed by atoms with Crippen LogP contribution in [0.5, 0.6) is 5.75 Å². The van der Waals surface area contributed by atoms with Crippen LogP contribution in [0.4, 0.5) is 5.69 Å². The van der Waals surface area contributed by atoms with Crippen molar-refractivity contribution in [3.05, 3.63) is 27.1 Å². The molecule has 0 saturated heterocycles. The van der Waals surface area contributed by atoms with Gasteiger partial charge in [0.25, 0.3) is 0 Å². The second-order valence-electron chi connectivity index (χ2n) is 2.50. The SMILES string of the molecule is COc1cc(C(N)=O)cc(Br)c1[NH+]=O.[OH-]. The van der Waals surface area contributed by atoms with E-state index in [-0.39, 0.29) is 22.5 Å². The maximum atomic E-state index is 10.9. The first-order chi connectivity index (χ1) is 6.60. The first kappa shape index (κ1) is 13.5. The second kappa shape index (κ2) is 5.42. The van der Waals surface area contributed by atoms with Gasteiger partial charge in [-0.15, -0.1) is 0 Å². The number of carbonyl (C=O) groups excluding carboxylic acids is 1. The van der Waals surface area contributed by atoms with E-state index in [0.717, 1.165) is 0 Å². The van der Waals surface area contributed by atoms with Crippen molar-refractivity contribution in [3.63, 3.8) is 0 Å². The van der Waals surface area contributed by atoms with Crippen LogP contribution in [0.1, 0.15) is 10.4 Å². The molecule has 82 valence electrons. The highest BCUT2D eigenvalue weighted by Gasteiger charge is 2.17. The Kier molecular flexibility index (Phi) is 4.89. The summed E-state index contributed by atoms with van der Waals surface area (Å²) in [6, 6.07) is 2.85. The van der Waals surface area contributed by atoms with E-state index < -0.39 is 5.91 Å². The van der Waals surface area contributed by atoms with E-state index in [0.29, 0.717) is 4.47 Å². The zero-order valence-electron chi connectivity index (χ0n) is 7.78. The lowest BCUT2D eigenvalue weighted by Gasteiger charge is -2.02. The standard InChI is InChI=1S/C8H7BrN2O3.H2O/c1-14-6-3-4(8(10)12)2-5(9)7(6)11-13;/h2-3H,1H3,(H2,10,12);1H2. The van der Waals surface area contributed by atoms with Crippen LogP contribution in [0.25, 0.3) is 0 Å². The molecule has 1 aromatic carbocycles. The minimum Gasteiger partial charge on any atom is -0.870 e. The monoisotopic (exact) mass is 276 g/mol. The number of amides is 1. The Hall–Kier alpha value is -1.47. The quantitative estimate of drug-likeness (QED) is 0.800. The van der Waals surface area contributed by atoms with E-state index in [1.165, 1.54) is 19.2 Å². The van der Waals surface area contributed by atoms with Gasteiger partial charge < -0.3 is 15.9 Å². The van der Waals surface area contributed by atoms with Crippen LogP contribution in [0.2, 0.25) is 0 Å². The Morgan fingerprint density at radius 3 is 2.53 bits per heavy atom. The molecule has 0 fully saturated rings. The summed E-state index contributed by atoms with van der Waals surface area (Å²) in [6.45, 7) is 0. The molecule has 0 heterocycles. The number of benzene rings is 1. The summed E-state index contributed by atoms with van der Waals surface area (Å²) >= 11 is 3.12. The summed E-state index contributed by atoms with van der Waals surface area (Å²) < 4.78 is 5.34. The fourth-order valence-electron chi connectivity index (χ4n) is 0.984. The number of carbonyl (C=O) groups is 1. The first-order valence-corrected chi connectivity index (χ1v) is 4.45. The van der Waals surface area contributed by atoms with Crippen LogP contribution in [-0.4, -0.2) is 18.5 Å². The molecular formula is C8H9BrN2O4. The minimum atomic E-state index is -0.582. The van der Waals surface area contributed by atoms with Gasteiger partial charge in [0.2, 0.25) is 5.91 Å². The lowest BCUT2D eigenvalue weighted by Crippen LogP contribution is -2.56. The Balaban J connectivity index is 0.00000196. The Bertz CT molecular complexity index is 394. The van der Waals surface area contributed by atoms with Crippen molar-refractivity contribution in [2.45, 2.75) is 0 Å². The summed E-state index contributed by atoms with van der Waals surface area (Å²) in [5.41, 5.74) is 5.59. The van der Waals surface area contributed by atoms with Crippen LogP contribution in [0.3, 0.4) is 0 Å². The van der Waals surface area contributed by atoms with E-state index >= 15 is 0 Å². The Labute approximate surface area is 93.8 Å². The molecule has 15 heavy (non-hydrogen) atoms. The van der Waals surface area contributed by atoms with Crippen molar-refractivity contribution in [2.75, 3.05) is 7.11 Å². The molecule has 0 bridgehead atoms. The molecule has 0 spiro atoms. The highest BCUT2D eigenvalue weighted by molar-refractivity contribution is 9.10. The Morgan fingerprint density at radius 1 is 1.53 bits per heavy atom. The zero-order chi connectivity index (χ0) is 10.7. The van der Waals surface area contributed by atoms with Gasteiger partial charge in [-0.1, -0.05) is 0 Å². The van der Waals surface area contributed by atoms with E-state index in [9.17, 15) is 9.70 Å². The minimum absolute atomic E-state index is 0. The van der Waals surface area contributed by atoms with Gasteiger partial charge >= 0.3 is 5.69 Å². The molecule has 0 unspecified atom stereocenters. The van der Waals surface area contributed by atoms with Gasteiger partial charge in [-0.3, -0.25) is 4.79 Å². The molecule has 1 rings (SSSR count). The van der Waals surface area contributed by atoms with Crippen molar-refractivity contribution >= 4 is 27.5 Å². The van der Waals surface area contributed by atoms with Gasteiger partial charge in [-0.05, 0) is 22.0 Å². The number of primary amides is 1. The van der Waals surface area contributed by atoms with Crippen LogP contribution >= 0.6 is 15.9 Å². The van der Waals surface area contributed by atoms with E-state index in [1.807, 2.05) is 0 Å². The number of methoxy groups -OCH3 is 1. The normalized spacial score (nSPS) is 8.93. The molecule has 0 saturated carbocycles. The van der Waals surface area contributed by atoms with Crippen molar-refractivity contribution in [3.8, 4) is 5.75 Å². The largest absolute Gasteiger partial charge is 0.870 e. The molecule has 1 aromatic rings. The number of nitrogens with one attached hydrogen (secondary N) is 1. The maximum Gasteiger partial charge on any atom is 0.308 e. The highest BCUT2D eigenvalue weighted by atomic mass is 79.9. The number of rotatable bonds is 3. The Morgan fingerprint density at radius 2 is 2.13 bits per heavy atom. The van der Waals surface area contributed by atoms with Crippen molar-refractivity contribution in [1.29, 1.82) is 0 Å². The summed E-state index contributed by atoms with van der Waals surface area (Å²) in [6.07, 6.45) is 0. The molecule has 4 N–H and O–H groups in total. The van der Waals surface area contributed by atoms with E-state index in [4.69, 9.17) is 10.5 Å². The fourth-order valence-corrected chi connectivity index (χ4v) is 1.51. The number of hydrogen-bond acceptors (Lipinski definition) is 4. The maximum absolute atomic E-state index is 10.9. The van der Waals surface area contributed by atoms with Gasteiger partial charge in [-0.25, -0.2) is 0 Å². The summed E-state index contributed by atoms with van der Waals surface area (Å²) in [5.74, 6) is -0.315. The van der Waals surface area contributed by atoms with Crippen molar-refractivity contribution in [1.82, 2.24) is 0 Å². The average molecular weight is 277 g/mol. The molecule has 0 radical (unpaired) electrons. The molecule has 7 heteroatoms. The van der Waals surface area contributed by atoms with Crippen LogP contribution in [-0.2, 0) is 0 Å². The smallest absolute Gasteiger partial charge is 0.308 e. The van der Waals surface area contributed by atoms with Gasteiger partial charge in [0.1, 0.15) is 0 Å². The number of ether oxygens (including phenoxy) is 1. The third-order valence-corrected chi connectivity index (χ3v) is 2.29. The van der Waals surface area contributed by atoms with E-state index in [2.05, 4.69) is 15.9 Å². The number of nitroso groups, excluding NO2 is 1. The third-order valence-electron chi connectivity index (χ3n) is 1.66. The average Bonchev–Trinajstić information content (AvgIpc) is 2.16. The van der Waals surface area contributed by atoms with Crippen LogP contribution in [0, 0.1) is 4.91 Å². The third kappa shape index (κ3) is 2.74. The molecule has 0 aliphatic heterocycles. The molecule has 0 atom stereocenters. The second-order valence-corrected chi connectivity index (χ2v) is 3.36. The van der Waals surface area contributed by atoms with Crippen LogP contribution < -0.4 is 15.6 Å². The number of halogens is 1. The molecule has 0 aliphatic carbocycles. The number of hydrogen-bond donors (Lipinski definition) is 2. The number of nitrogens with two attached hydrogens (primary N) is 1. The molecule has 0 aromatic heterocycles. The first-order valence-electron chi connectivity index (χ1n) is 3.65. The highest BCUT2D eigenvalue weighted by Crippen LogP contribution is 2.29. The summed E-state index contributed by atoms with van der Waals surface area (Å²) in [4.78, 5) is 21.4. The van der Waals surface area contributed by atoms with Crippen molar-refractivity contribution in [2.24, 2.45) is 5.73 Å². The molecule has 0 aliphatic rings. The predicted molar refractivity (Wildman–Crippen MR) is 55.1 cm³/mol. The molecule has 1 amide bonds. The lowest BCUT2D eigenvalue weighted by atomic mass is 10.2. The summed E-state index contributed by atoms with van der Waals surface area (Å²) in [5, 5.41) is 1.71. The van der Waals surface area contributed by atoms with Gasteiger partial charge in [-0.2, -0.15) is 0 Å². The lowest BCUT2D eigenvalue weighted by molar-refractivity contribution is -0.381. The predicted octanol–water partition coefficient (Wildman–Crippen LogP) is -0.142. The van der Waals surface area contributed by atoms with Crippen LogP contribution in [0.15, 0.2) is 16.6 Å².